The molecule has 1 aliphatic heterocycles. The molecule has 1 aromatic carbocycles. The Morgan fingerprint density at radius 3 is 2.22 bits per heavy atom. The molecule has 0 radical (unpaired) electrons. The second-order valence-electron chi connectivity index (χ2n) is 4.81. The van der Waals surface area contributed by atoms with Crippen LogP contribution < -0.4 is 15.0 Å². The lowest BCUT2D eigenvalue weighted by molar-refractivity contribution is 0.409. The Morgan fingerprint density at radius 1 is 1.06 bits per heavy atom. The van der Waals surface area contributed by atoms with E-state index in [4.69, 9.17) is 4.74 Å². The van der Waals surface area contributed by atoms with Crippen LogP contribution in [0, 0.1) is 20.8 Å². The second kappa shape index (κ2) is 5.49. The minimum Gasteiger partial charge on any atom is -0.494 e. The van der Waals surface area contributed by atoms with E-state index in [-0.39, 0.29) is 0 Å². The second-order valence-corrected chi connectivity index (χ2v) is 5.60. The number of methoxy groups -OCH3 is 1. The summed E-state index contributed by atoms with van der Waals surface area (Å²) in [6.07, 6.45) is 0. The molecule has 0 aromatic heterocycles. The van der Waals surface area contributed by atoms with E-state index in [1.807, 2.05) is 0 Å². The largest absolute Gasteiger partial charge is 0.494 e. The van der Waals surface area contributed by atoms with Gasteiger partial charge in [-0.15, -0.1) is 0 Å². The first-order chi connectivity index (χ1) is 8.57. The number of benzene rings is 1. The third-order valence-corrected chi connectivity index (χ3v) is 4.96. The lowest BCUT2D eigenvalue weighted by atomic mass is 10.0. The van der Waals surface area contributed by atoms with Crippen molar-refractivity contribution in [3.63, 3.8) is 0 Å². The van der Waals surface area contributed by atoms with Crippen molar-refractivity contribution in [1.82, 2.24) is 5.32 Å². The molecule has 4 heteroatoms. The Bertz CT molecular complexity index is 454. The highest BCUT2D eigenvalue weighted by atomic mass is 79.9. The zero-order chi connectivity index (χ0) is 13.3. The summed E-state index contributed by atoms with van der Waals surface area (Å²) in [5.41, 5.74) is 5.01. The first-order valence-electron chi connectivity index (χ1n) is 6.36. The lowest BCUT2D eigenvalue weighted by Crippen LogP contribution is -2.44. The highest BCUT2D eigenvalue weighted by Crippen LogP contribution is 2.42. The van der Waals surface area contributed by atoms with Crippen LogP contribution in [-0.4, -0.2) is 33.3 Å². The van der Waals surface area contributed by atoms with Crippen LogP contribution in [0.2, 0.25) is 0 Å². The summed E-state index contributed by atoms with van der Waals surface area (Å²) in [6.45, 7) is 10.6. The van der Waals surface area contributed by atoms with Crippen LogP contribution in [0.25, 0.3) is 0 Å². The Labute approximate surface area is 118 Å². The van der Waals surface area contributed by atoms with Crippen molar-refractivity contribution in [3.05, 3.63) is 21.2 Å². The Morgan fingerprint density at radius 2 is 1.67 bits per heavy atom. The third-order valence-electron chi connectivity index (χ3n) is 3.77. The van der Waals surface area contributed by atoms with Crippen molar-refractivity contribution < 1.29 is 4.74 Å². The van der Waals surface area contributed by atoms with Crippen LogP contribution in [0.4, 0.5) is 5.69 Å². The van der Waals surface area contributed by atoms with E-state index in [1.165, 1.54) is 26.9 Å². The topological polar surface area (TPSA) is 24.5 Å². The average molecular weight is 313 g/mol. The summed E-state index contributed by atoms with van der Waals surface area (Å²) in [5, 5.41) is 3.39. The summed E-state index contributed by atoms with van der Waals surface area (Å²) in [5.74, 6) is 1.02. The molecular formula is C14H21BrN2O. The van der Waals surface area contributed by atoms with Crippen molar-refractivity contribution in [3.8, 4) is 5.75 Å². The van der Waals surface area contributed by atoms with Gasteiger partial charge in [-0.25, -0.2) is 0 Å². The van der Waals surface area contributed by atoms with Crippen LogP contribution in [0.3, 0.4) is 0 Å². The minimum absolute atomic E-state index is 1.02. The number of rotatable bonds is 2. The summed E-state index contributed by atoms with van der Waals surface area (Å²) in [6, 6.07) is 0. The molecule has 0 saturated carbocycles. The first kappa shape index (κ1) is 13.7. The van der Waals surface area contributed by atoms with Gasteiger partial charge in [0.25, 0.3) is 0 Å². The average Bonchev–Trinajstić information content (AvgIpc) is 2.41. The zero-order valence-electron chi connectivity index (χ0n) is 11.6. The molecule has 1 aromatic rings. The van der Waals surface area contributed by atoms with Gasteiger partial charge in [-0.05, 0) is 37.5 Å². The third kappa shape index (κ3) is 2.24. The standard InChI is InChI=1S/C14H21BrN2O/c1-9-10(2)14(18-4)13(11(3)12(9)15)17-7-5-16-6-8-17/h16H,5-8H2,1-4H3. The van der Waals surface area contributed by atoms with Crippen LogP contribution in [0.1, 0.15) is 16.7 Å². The number of nitrogens with zero attached hydrogens (tertiary/aromatic N) is 1. The highest BCUT2D eigenvalue weighted by molar-refractivity contribution is 9.10. The molecule has 1 N–H and O–H groups in total. The molecule has 100 valence electrons. The maximum atomic E-state index is 5.66. The molecule has 18 heavy (non-hydrogen) atoms. The van der Waals surface area contributed by atoms with Crippen LogP contribution in [-0.2, 0) is 0 Å². The molecule has 0 bridgehead atoms. The van der Waals surface area contributed by atoms with Gasteiger partial charge in [-0.2, -0.15) is 0 Å². The summed E-state index contributed by atoms with van der Waals surface area (Å²) in [7, 11) is 1.76. The molecule has 0 spiro atoms. The van der Waals surface area contributed by atoms with E-state index >= 15 is 0 Å². The fourth-order valence-electron chi connectivity index (χ4n) is 2.59. The van der Waals surface area contributed by atoms with E-state index in [9.17, 15) is 0 Å². The number of ether oxygens (including phenoxy) is 1. The molecule has 1 aliphatic rings. The van der Waals surface area contributed by atoms with Gasteiger partial charge in [-0.1, -0.05) is 15.9 Å². The predicted octanol–water partition coefficient (Wildman–Crippen LogP) is 2.79. The lowest BCUT2D eigenvalue weighted by Gasteiger charge is -2.33. The van der Waals surface area contributed by atoms with Gasteiger partial charge in [0.05, 0.1) is 12.8 Å². The van der Waals surface area contributed by atoms with Gasteiger partial charge in [-0.3, -0.25) is 0 Å². The Balaban J connectivity index is 2.56. The van der Waals surface area contributed by atoms with Crippen LogP contribution in [0.15, 0.2) is 4.47 Å². The molecule has 0 amide bonds. The van der Waals surface area contributed by atoms with Gasteiger partial charge in [0.15, 0.2) is 0 Å². The highest BCUT2D eigenvalue weighted by Gasteiger charge is 2.22. The SMILES string of the molecule is COc1c(C)c(C)c(Br)c(C)c1N1CCNCC1. The smallest absolute Gasteiger partial charge is 0.145 e. The normalized spacial score (nSPS) is 15.9. The maximum Gasteiger partial charge on any atom is 0.145 e. The van der Waals surface area contributed by atoms with Crippen LogP contribution in [0.5, 0.6) is 5.75 Å². The fraction of sp³-hybridized carbons (Fsp3) is 0.571. The van der Waals surface area contributed by atoms with E-state index < -0.39 is 0 Å². The van der Waals surface area contributed by atoms with Gasteiger partial charge < -0.3 is 15.0 Å². The van der Waals surface area contributed by atoms with Gasteiger partial charge in [0.2, 0.25) is 0 Å². The van der Waals surface area contributed by atoms with Crippen molar-refractivity contribution in [2.24, 2.45) is 0 Å². The molecule has 2 rings (SSSR count). The molecule has 1 heterocycles. The number of nitrogens with one attached hydrogen (secondary N) is 1. The molecule has 1 fully saturated rings. The maximum absolute atomic E-state index is 5.66. The number of piperazine rings is 1. The predicted molar refractivity (Wildman–Crippen MR) is 80.0 cm³/mol. The van der Waals surface area contributed by atoms with Crippen molar-refractivity contribution in [1.29, 1.82) is 0 Å². The zero-order valence-corrected chi connectivity index (χ0v) is 13.1. The van der Waals surface area contributed by atoms with E-state index in [0.717, 1.165) is 31.9 Å². The summed E-state index contributed by atoms with van der Waals surface area (Å²) in [4.78, 5) is 2.42. The van der Waals surface area contributed by atoms with Crippen LogP contribution >= 0.6 is 15.9 Å². The Hall–Kier alpha value is -0.740. The molecule has 0 aliphatic carbocycles. The first-order valence-corrected chi connectivity index (χ1v) is 7.16. The quantitative estimate of drug-likeness (QED) is 0.909. The molecule has 1 saturated heterocycles. The van der Waals surface area contributed by atoms with Crippen molar-refractivity contribution >= 4 is 21.6 Å². The van der Waals surface area contributed by atoms with Gasteiger partial charge in [0.1, 0.15) is 5.75 Å². The number of hydrogen-bond donors (Lipinski definition) is 1. The number of anilines is 1. The number of hydrogen-bond acceptors (Lipinski definition) is 3. The van der Waals surface area contributed by atoms with Crippen molar-refractivity contribution in [2.45, 2.75) is 20.8 Å². The summed E-state index contributed by atoms with van der Waals surface area (Å²) >= 11 is 3.71. The van der Waals surface area contributed by atoms with E-state index in [2.05, 4.69) is 46.9 Å². The molecular weight excluding hydrogens is 292 g/mol. The van der Waals surface area contributed by atoms with Gasteiger partial charge >= 0.3 is 0 Å². The van der Waals surface area contributed by atoms with E-state index in [0.29, 0.717) is 0 Å². The monoisotopic (exact) mass is 312 g/mol. The van der Waals surface area contributed by atoms with Gasteiger partial charge in [0, 0.05) is 30.7 Å². The molecule has 3 nitrogen and oxygen atoms in total. The summed E-state index contributed by atoms with van der Waals surface area (Å²) < 4.78 is 6.87. The van der Waals surface area contributed by atoms with Crippen molar-refractivity contribution in [2.75, 3.05) is 38.2 Å². The van der Waals surface area contributed by atoms with E-state index in [1.54, 1.807) is 7.11 Å². The molecule has 0 atom stereocenters. The number of halogens is 1. The Kier molecular flexibility index (Phi) is 4.17. The fourth-order valence-corrected chi connectivity index (χ4v) is 3.07. The molecule has 0 unspecified atom stereocenters. The minimum atomic E-state index is 1.02.